The minimum Gasteiger partial charge on any atom is -0.381 e. The van der Waals surface area contributed by atoms with Gasteiger partial charge in [-0.2, -0.15) is 0 Å². The number of benzene rings is 2. The van der Waals surface area contributed by atoms with Crippen LogP contribution in [0, 0.1) is 5.92 Å². The van der Waals surface area contributed by atoms with Crippen LogP contribution in [0.5, 0.6) is 0 Å². The Morgan fingerprint density at radius 3 is 2.31 bits per heavy atom. The summed E-state index contributed by atoms with van der Waals surface area (Å²) >= 11 is 0. The van der Waals surface area contributed by atoms with Crippen molar-refractivity contribution in [1.29, 1.82) is 0 Å². The number of ether oxygens (including phenoxy) is 1. The third-order valence-corrected chi connectivity index (χ3v) is 10.2. The molecule has 1 atom stereocenters. The summed E-state index contributed by atoms with van der Waals surface area (Å²) in [5, 5.41) is 4.41. The van der Waals surface area contributed by atoms with Crippen LogP contribution in [0.1, 0.15) is 80.6 Å². The lowest BCUT2D eigenvalue weighted by molar-refractivity contribution is 0.0507. The lowest BCUT2D eigenvalue weighted by Gasteiger charge is -2.40. The van der Waals surface area contributed by atoms with Crippen molar-refractivity contribution >= 4 is 16.8 Å². The van der Waals surface area contributed by atoms with E-state index < -0.39 is 0 Å². The fourth-order valence-corrected chi connectivity index (χ4v) is 7.67. The first-order valence-corrected chi connectivity index (χ1v) is 16.4. The lowest BCUT2D eigenvalue weighted by atomic mass is 9.83. The number of carbonyl (C=O) groups is 1. The number of nitrogens with one attached hydrogen (secondary N) is 1. The lowest BCUT2D eigenvalue weighted by Crippen LogP contribution is -2.46. The molecule has 3 aromatic rings. The number of methoxy groups -OCH3 is 1. The maximum Gasteiger partial charge on any atom is 0.252 e. The van der Waals surface area contributed by atoms with Crippen LogP contribution in [0.2, 0.25) is 0 Å². The number of aromatic nitrogens is 1. The molecule has 1 aromatic heterocycles. The number of rotatable bonds is 8. The summed E-state index contributed by atoms with van der Waals surface area (Å²) in [6, 6.07) is 19.4. The molecule has 0 bridgehead atoms. The van der Waals surface area contributed by atoms with Crippen molar-refractivity contribution < 1.29 is 9.53 Å². The van der Waals surface area contributed by atoms with Gasteiger partial charge in [-0.15, -0.1) is 0 Å². The van der Waals surface area contributed by atoms with E-state index in [9.17, 15) is 4.79 Å². The third-order valence-electron chi connectivity index (χ3n) is 10.2. The molecule has 2 aromatic carbocycles. The Hall–Kier alpha value is -2.80. The Kier molecular flexibility index (Phi) is 9.53. The predicted molar refractivity (Wildman–Crippen MR) is 171 cm³/mol. The van der Waals surface area contributed by atoms with E-state index in [2.05, 4.69) is 52.4 Å². The largest absolute Gasteiger partial charge is 0.381 e. The van der Waals surface area contributed by atoms with Gasteiger partial charge in [-0.1, -0.05) is 55.0 Å². The molecular weight excluding hydrogens is 520 g/mol. The number of amides is 1. The average molecular weight is 569 g/mol. The van der Waals surface area contributed by atoms with Gasteiger partial charge in [0.2, 0.25) is 0 Å². The maximum atomic E-state index is 14.3. The molecule has 3 aliphatic rings. The summed E-state index contributed by atoms with van der Waals surface area (Å²) in [5.41, 5.74) is 4.74. The van der Waals surface area contributed by atoms with Crippen molar-refractivity contribution in [2.45, 2.75) is 89.4 Å². The summed E-state index contributed by atoms with van der Waals surface area (Å²) in [7, 11) is 1.81. The second kappa shape index (κ2) is 13.7. The smallest absolute Gasteiger partial charge is 0.252 e. The molecule has 6 heteroatoms. The number of carbonyl (C=O) groups excluding carboxylic acids is 1. The zero-order valence-corrected chi connectivity index (χ0v) is 25.6. The summed E-state index contributed by atoms with van der Waals surface area (Å²) in [4.78, 5) is 24.8. The van der Waals surface area contributed by atoms with Gasteiger partial charge in [0, 0.05) is 42.3 Å². The molecule has 1 aliphatic carbocycles. The normalized spacial score (nSPS) is 23.6. The van der Waals surface area contributed by atoms with Gasteiger partial charge in [-0.3, -0.25) is 9.69 Å². The van der Waals surface area contributed by atoms with E-state index in [0.29, 0.717) is 18.1 Å². The third kappa shape index (κ3) is 6.56. The predicted octanol–water partition coefficient (Wildman–Crippen LogP) is 6.68. The standard InChI is InChI=1S/C36H48N4O2/c1-26(27-15-17-30(42-2)18-16-27)37-36(41)34-31-13-7-8-14-33(31)38-35(28-11-5-3-6-12-28)32(34)25-39-23-19-29(20-24-39)40-21-9-4-10-22-40/h3,5-8,11-14,26-27,29-30H,4,9-10,15-25H2,1-2H3,(H,37,41). The molecule has 1 unspecified atom stereocenters. The first-order chi connectivity index (χ1) is 20.6. The zero-order chi connectivity index (χ0) is 28.9. The second-order valence-electron chi connectivity index (χ2n) is 12.8. The Morgan fingerprint density at radius 2 is 1.60 bits per heavy atom. The topological polar surface area (TPSA) is 57.7 Å². The zero-order valence-electron chi connectivity index (χ0n) is 25.6. The SMILES string of the molecule is COC1CCC(C(C)NC(=O)c2c(CN3CCC(N4CCCCC4)CC3)c(-c3ccccc3)nc3ccccc23)CC1. The highest BCUT2D eigenvalue weighted by molar-refractivity contribution is 6.09. The van der Waals surface area contributed by atoms with Crippen LogP contribution in [-0.2, 0) is 11.3 Å². The van der Waals surface area contributed by atoms with Gasteiger partial charge in [-0.05, 0) is 96.5 Å². The molecule has 6 rings (SSSR count). The molecule has 1 N–H and O–H groups in total. The van der Waals surface area contributed by atoms with E-state index in [1.54, 1.807) is 0 Å². The van der Waals surface area contributed by atoms with Gasteiger partial charge in [0.15, 0.2) is 0 Å². The van der Waals surface area contributed by atoms with Crippen molar-refractivity contribution in [2.75, 3.05) is 33.3 Å². The van der Waals surface area contributed by atoms with Gasteiger partial charge in [-0.25, -0.2) is 4.98 Å². The first kappa shape index (κ1) is 29.3. The number of likely N-dealkylation sites (tertiary alicyclic amines) is 2. The molecule has 1 saturated carbocycles. The number of hydrogen-bond acceptors (Lipinski definition) is 5. The van der Waals surface area contributed by atoms with E-state index >= 15 is 0 Å². The number of pyridine rings is 1. The van der Waals surface area contributed by atoms with E-state index in [1.165, 1.54) is 45.2 Å². The molecule has 224 valence electrons. The number of hydrogen-bond donors (Lipinski definition) is 1. The van der Waals surface area contributed by atoms with Gasteiger partial charge in [0.25, 0.3) is 5.91 Å². The highest BCUT2D eigenvalue weighted by atomic mass is 16.5. The van der Waals surface area contributed by atoms with Crippen molar-refractivity contribution in [2.24, 2.45) is 5.92 Å². The molecule has 3 fully saturated rings. The highest BCUT2D eigenvalue weighted by Gasteiger charge is 2.30. The van der Waals surface area contributed by atoms with Crippen LogP contribution in [0.25, 0.3) is 22.2 Å². The molecule has 0 radical (unpaired) electrons. The quantitative estimate of drug-likeness (QED) is 0.329. The van der Waals surface area contributed by atoms with E-state index in [4.69, 9.17) is 9.72 Å². The Morgan fingerprint density at radius 1 is 0.905 bits per heavy atom. The summed E-state index contributed by atoms with van der Waals surface area (Å²) in [6.07, 6.45) is 11.1. The van der Waals surface area contributed by atoms with Gasteiger partial charge >= 0.3 is 0 Å². The summed E-state index contributed by atoms with van der Waals surface area (Å²) in [6.45, 7) is 7.55. The Bertz CT molecular complexity index is 1320. The van der Waals surface area contributed by atoms with Crippen molar-refractivity contribution in [1.82, 2.24) is 20.1 Å². The minimum absolute atomic E-state index is 0.0327. The maximum absolute atomic E-state index is 14.3. The average Bonchev–Trinajstić information content (AvgIpc) is 3.05. The molecular formula is C36H48N4O2. The van der Waals surface area contributed by atoms with Crippen LogP contribution >= 0.6 is 0 Å². The molecule has 42 heavy (non-hydrogen) atoms. The van der Waals surface area contributed by atoms with Gasteiger partial charge in [0.05, 0.1) is 22.9 Å². The molecule has 6 nitrogen and oxygen atoms in total. The number of fused-ring (bicyclic) bond motifs is 1. The van der Waals surface area contributed by atoms with Crippen LogP contribution in [-0.4, -0.2) is 72.2 Å². The van der Waals surface area contributed by atoms with Crippen molar-refractivity contribution in [3.63, 3.8) is 0 Å². The molecule has 1 amide bonds. The van der Waals surface area contributed by atoms with Crippen molar-refractivity contribution in [3.8, 4) is 11.3 Å². The van der Waals surface area contributed by atoms with Crippen LogP contribution < -0.4 is 5.32 Å². The first-order valence-electron chi connectivity index (χ1n) is 16.4. The number of para-hydroxylation sites is 1. The summed E-state index contributed by atoms with van der Waals surface area (Å²) < 4.78 is 5.60. The van der Waals surface area contributed by atoms with Crippen LogP contribution in [0.3, 0.4) is 0 Å². The second-order valence-corrected chi connectivity index (χ2v) is 12.8. The molecule has 3 heterocycles. The van der Waals surface area contributed by atoms with E-state index in [0.717, 1.165) is 78.6 Å². The fourth-order valence-electron chi connectivity index (χ4n) is 7.67. The highest BCUT2D eigenvalue weighted by Crippen LogP contribution is 2.34. The molecule has 2 aliphatic heterocycles. The van der Waals surface area contributed by atoms with Crippen molar-refractivity contribution in [3.05, 3.63) is 65.7 Å². The van der Waals surface area contributed by atoms with Crippen LogP contribution in [0.4, 0.5) is 0 Å². The van der Waals surface area contributed by atoms with E-state index in [1.807, 2.05) is 31.4 Å². The Balaban J connectivity index is 1.30. The number of nitrogens with zero attached hydrogens (tertiary/aromatic N) is 3. The fraction of sp³-hybridized carbons (Fsp3) is 0.556. The van der Waals surface area contributed by atoms with Crippen LogP contribution in [0.15, 0.2) is 54.6 Å². The molecule has 0 spiro atoms. The summed E-state index contributed by atoms with van der Waals surface area (Å²) in [5.74, 6) is 0.504. The van der Waals surface area contributed by atoms with E-state index in [-0.39, 0.29) is 11.9 Å². The van der Waals surface area contributed by atoms with Gasteiger partial charge < -0.3 is 15.0 Å². The Labute approximate surface area is 251 Å². The van der Waals surface area contributed by atoms with Gasteiger partial charge in [0.1, 0.15) is 0 Å². The molecule has 2 saturated heterocycles. The number of piperidine rings is 2. The monoisotopic (exact) mass is 568 g/mol. The minimum atomic E-state index is 0.0327.